The lowest BCUT2D eigenvalue weighted by molar-refractivity contribution is -0.143. The molecular weight excluding hydrogens is 350 g/mol. The van der Waals surface area contributed by atoms with Crippen LogP contribution in [0.1, 0.15) is 0 Å². The summed E-state index contributed by atoms with van der Waals surface area (Å²) < 4.78 is 10.4. The topological polar surface area (TPSA) is 96.9 Å². The number of nitrogens with one attached hydrogen (secondary N) is 1. The zero-order valence-corrected chi connectivity index (χ0v) is 15.2. The van der Waals surface area contributed by atoms with E-state index in [0.29, 0.717) is 49.3 Å². The Hall–Kier alpha value is -3.36. The lowest BCUT2D eigenvalue weighted by Crippen LogP contribution is -2.52. The molecule has 27 heavy (non-hydrogen) atoms. The number of anilines is 2. The highest BCUT2D eigenvalue weighted by molar-refractivity contribution is 6.39. The molecule has 142 valence electrons. The number of hydrogen-bond donors (Lipinski definition) is 1. The zero-order chi connectivity index (χ0) is 19.2. The summed E-state index contributed by atoms with van der Waals surface area (Å²) in [6.45, 7) is 1.97. The van der Waals surface area contributed by atoms with Crippen molar-refractivity contribution in [2.24, 2.45) is 0 Å². The van der Waals surface area contributed by atoms with Gasteiger partial charge in [-0.05, 0) is 18.2 Å². The smallest absolute Gasteiger partial charge is 0.314 e. The Labute approximate surface area is 156 Å². The first-order chi connectivity index (χ1) is 13.1. The van der Waals surface area contributed by atoms with Gasteiger partial charge in [-0.25, -0.2) is 9.97 Å². The third-order valence-corrected chi connectivity index (χ3v) is 4.25. The minimum atomic E-state index is -0.706. The fraction of sp³-hybridized carbons (Fsp3) is 0.333. The lowest BCUT2D eigenvalue weighted by Gasteiger charge is -2.34. The van der Waals surface area contributed by atoms with E-state index in [1.807, 2.05) is 4.90 Å². The van der Waals surface area contributed by atoms with Crippen molar-refractivity contribution in [1.29, 1.82) is 0 Å². The molecular formula is C18H21N5O4. The normalized spacial score (nSPS) is 13.9. The highest BCUT2D eigenvalue weighted by Crippen LogP contribution is 2.29. The Balaban J connectivity index is 1.59. The van der Waals surface area contributed by atoms with Gasteiger partial charge in [0, 0.05) is 44.6 Å². The minimum absolute atomic E-state index is 0.410. The SMILES string of the molecule is COc1ccc(NC(=O)C(=O)N2CCN(c3ncccn3)CC2)c(OC)c1. The second kappa shape index (κ2) is 8.35. The van der Waals surface area contributed by atoms with Crippen LogP contribution in [-0.2, 0) is 9.59 Å². The number of aromatic nitrogens is 2. The summed E-state index contributed by atoms with van der Waals surface area (Å²) in [5.74, 6) is 0.346. The van der Waals surface area contributed by atoms with Gasteiger partial charge in [0.15, 0.2) is 0 Å². The van der Waals surface area contributed by atoms with Gasteiger partial charge in [-0.15, -0.1) is 0 Å². The quantitative estimate of drug-likeness (QED) is 0.793. The van der Waals surface area contributed by atoms with Crippen LogP contribution >= 0.6 is 0 Å². The monoisotopic (exact) mass is 371 g/mol. The van der Waals surface area contributed by atoms with Crippen LogP contribution in [0.3, 0.4) is 0 Å². The number of ether oxygens (including phenoxy) is 2. The average molecular weight is 371 g/mol. The second-order valence-electron chi connectivity index (χ2n) is 5.85. The van der Waals surface area contributed by atoms with E-state index in [9.17, 15) is 9.59 Å². The molecule has 1 saturated heterocycles. The first-order valence-electron chi connectivity index (χ1n) is 8.46. The van der Waals surface area contributed by atoms with Crippen LogP contribution in [0.2, 0.25) is 0 Å². The predicted octanol–water partition coefficient (Wildman–Crippen LogP) is 0.781. The van der Waals surface area contributed by atoms with Crippen molar-refractivity contribution in [2.75, 3.05) is 50.6 Å². The number of piperazine rings is 1. The predicted molar refractivity (Wildman–Crippen MR) is 99.0 cm³/mol. The van der Waals surface area contributed by atoms with Gasteiger partial charge in [-0.3, -0.25) is 9.59 Å². The number of benzene rings is 1. The summed E-state index contributed by atoms with van der Waals surface area (Å²) in [4.78, 5) is 36.7. The summed E-state index contributed by atoms with van der Waals surface area (Å²) in [6.07, 6.45) is 3.35. The van der Waals surface area contributed by atoms with Crippen molar-refractivity contribution in [3.05, 3.63) is 36.7 Å². The summed E-state index contributed by atoms with van der Waals surface area (Å²) in [7, 11) is 3.02. The molecule has 0 unspecified atom stereocenters. The number of hydrogen-bond acceptors (Lipinski definition) is 7. The molecule has 1 N–H and O–H groups in total. The molecule has 2 amide bonds. The first kappa shape index (κ1) is 18.4. The van der Waals surface area contributed by atoms with Crippen LogP contribution < -0.4 is 19.7 Å². The molecule has 0 spiro atoms. The van der Waals surface area contributed by atoms with E-state index < -0.39 is 11.8 Å². The van der Waals surface area contributed by atoms with E-state index in [4.69, 9.17) is 9.47 Å². The molecule has 9 nitrogen and oxygen atoms in total. The molecule has 1 aliphatic rings. The molecule has 0 aliphatic carbocycles. The van der Waals surface area contributed by atoms with Crippen LogP contribution in [0.4, 0.5) is 11.6 Å². The fourth-order valence-corrected chi connectivity index (χ4v) is 2.79. The van der Waals surface area contributed by atoms with E-state index in [2.05, 4.69) is 15.3 Å². The molecule has 1 aromatic carbocycles. The minimum Gasteiger partial charge on any atom is -0.497 e. The summed E-state index contributed by atoms with van der Waals surface area (Å²) >= 11 is 0. The highest BCUT2D eigenvalue weighted by atomic mass is 16.5. The van der Waals surface area contributed by atoms with E-state index in [0.717, 1.165) is 0 Å². The van der Waals surface area contributed by atoms with Crippen molar-refractivity contribution < 1.29 is 19.1 Å². The van der Waals surface area contributed by atoms with Gasteiger partial charge in [0.05, 0.1) is 19.9 Å². The van der Waals surface area contributed by atoms with Crippen molar-refractivity contribution in [1.82, 2.24) is 14.9 Å². The van der Waals surface area contributed by atoms with Crippen LogP contribution in [0.5, 0.6) is 11.5 Å². The molecule has 3 rings (SSSR count). The average Bonchev–Trinajstić information content (AvgIpc) is 2.74. The van der Waals surface area contributed by atoms with Crippen molar-refractivity contribution in [3.8, 4) is 11.5 Å². The fourth-order valence-electron chi connectivity index (χ4n) is 2.79. The number of amides is 2. The Morgan fingerprint density at radius 2 is 1.74 bits per heavy atom. The largest absolute Gasteiger partial charge is 0.497 e. The maximum absolute atomic E-state index is 12.5. The zero-order valence-electron chi connectivity index (χ0n) is 15.2. The molecule has 0 atom stereocenters. The Morgan fingerprint density at radius 3 is 2.37 bits per heavy atom. The van der Waals surface area contributed by atoms with Crippen LogP contribution in [0, 0.1) is 0 Å². The number of carbonyl (C=O) groups is 2. The van der Waals surface area contributed by atoms with Crippen molar-refractivity contribution >= 4 is 23.5 Å². The van der Waals surface area contributed by atoms with Crippen LogP contribution in [0.25, 0.3) is 0 Å². The van der Waals surface area contributed by atoms with Gasteiger partial charge in [0.1, 0.15) is 11.5 Å². The van der Waals surface area contributed by atoms with Gasteiger partial charge < -0.3 is 24.6 Å². The number of carbonyl (C=O) groups excluding carboxylic acids is 2. The number of rotatable bonds is 4. The molecule has 1 fully saturated rings. The van der Waals surface area contributed by atoms with Crippen molar-refractivity contribution in [2.45, 2.75) is 0 Å². The van der Waals surface area contributed by atoms with E-state index >= 15 is 0 Å². The van der Waals surface area contributed by atoms with Gasteiger partial charge in [-0.2, -0.15) is 0 Å². The van der Waals surface area contributed by atoms with Gasteiger partial charge in [-0.1, -0.05) is 0 Å². The van der Waals surface area contributed by atoms with Crippen LogP contribution in [-0.4, -0.2) is 67.1 Å². The molecule has 0 bridgehead atoms. The van der Waals surface area contributed by atoms with E-state index in [1.165, 1.54) is 19.1 Å². The maximum Gasteiger partial charge on any atom is 0.314 e. The van der Waals surface area contributed by atoms with Gasteiger partial charge in [0.2, 0.25) is 5.95 Å². The Bertz CT molecular complexity index is 807. The highest BCUT2D eigenvalue weighted by Gasteiger charge is 2.27. The third-order valence-electron chi connectivity index (χ3n) is 4.25. The second-order valence-corrected chi connectivity index (χ2v) is 5.85. The van der Waals surface area contributed by atoms with E-state index in [-0.39, 0.29) is 0 Å². The van der Waals surface area contributed by atoms with Crippen LogP contribution in [0.15, 0.2) is 36.7 Å². The summed E-state index contributed by atoms with van der Waals surface area (Å²) in [5.41, 5.74) is 0.410. The number of methoxy groups -OCH3 is 2. The van der Waals surface area contributed by atoms with Gasteiger partial charge >= 0.3 is 11.8 Å². The molecule has 0 saturated carbocycles. The number of nitrogens with zero attached hydrogens (tertiary/aromatic N) is 4. The van der Waals surface area contributed by atoms with Crippen molar-refractivity contribution in [3.63, 3.8) is 0 Å². The molecule has 2 heterocycles. The third kappa shape index (κ3) is 4.25. The van der Waals surface area contributed by atoms with Gasteiger partial charge in [0.25, 0.3) is 0 Å². The standard InChI is InChI=1S/C18H21N5O4/c1-26-13-4-5-14(15(12-13)27-2)21-16(24)17(25)22-8-10-23(11-9-22)18-19-6-3-7-20-18/h3-7,12H,8-11H2,1-2H3,(H,21,24). The maximum atomic E-state index is 12.5. The van der Waals surface area contributed by atoms with E-state index in [1.54, 1.807) is 36.7 Å². The Kier molecular flexibility index (Phi) is 5.70. The molecule has 1 aliphatic heterocycles. The molecule has 0 radical (unpaired) electrons. The summed E-state index contributed by atoms with van der Waals surface area (Å²) in [6, 6.07) is 6.70. The molecule has 1 aromatic heterocycles. The first-order valence-corrected chi connectivity index (χ1v) is 8.46. The molecule has 2 aromatic rings. The molecule has 9 heteroatoms. The summed E-state index contributed by atoms with van der Waals surface area (Å²) in [5, 5.41) is 2.60. The Morgan fingerprint density at radius 1 is 1.04 bits per heavy atom. The lowest BCUT2D eigenvalue weighted by atomic mass is 10.2.